The third kappa shape index (κ3) is 3.53. The molecule has 2 aromatic rings. The third-order valence-corrected chi connectivity index (χ3v) is 3.54. The number of thioether (sulfide) groups is 1. The van der Waals surface area contributed by atoms with Gasteiger partial charge in [-0.2, -0.15) is 18.3 Å². The molecule has 0 radical (unpaired) electrons. The quantitative estimate of drug-likeness (QED) is 0.863. The zero-order chi connectivity index (χ0) is 13.9. The van der Waals surface area contributed by atoms with Crippen molar-refractivity contribution in [3.8, 4) is 0 Å². The fourth-order valence-corrected chi connectivity index (χ4v) is 2.34. The average Bonchev–Trinajstić information content (AvgIpc) is 2.85. The Balaban J connectivity index is 2.08. The second-order valence-electron chi connectivity index (χ2n) is 4.12. The maximum atomic E-state index is 12.7. The molecule has 0 bridgehead atoms. The Labute approximate surface area is 113 Å². The highest BCUT2D eigenvalue weighted by Crippen LogP contribution is 2.30. The topological polar surface area (TPSA) is 28.7 Å². The smallest absolute Gasteiger partial charge is 0.273 e. The van der Waals surface area contributed by atoms with Crippen LogP contribution in [0.5, 0.6) is 0 Å². The van der Waals surface area contributed by atoms with Gasteiger partial charge in [0.1, 0.15) is 5.69 Å². The second-order valence-corrected chi connectivity index (χ2v) is 5.00. The van der Waals surface area contributed by atoms with Crippen molar-refractivity contribution < 1.29 is 13.2 Å². The Hall–Kier alpha value is -1.43. The van der Waals surface area contributed by atoms with Crippen LogP contribution in [0.15, 0.2) is 35.4 Å². The Morgan fingerprint density at radius 3 is 2.74 bits per heavy atom. The van der Waals surface area contributed by atoms with E-state index in [1.165, 1.54) is 6.20 Å². The van der Waals surface area contributed by atoms with Gasteiger partial charge in [0.25, 0.3) is 0 Å². The van der Waals surface area contributed by atoms with Crippen molar-refractivity contribution in [2.75, 3.05) is 6.26 Å². The summed E-state index contributed by atoms with van der Waals surface area (Å²) in [5.74, 6) is 0. The first-order valence-corrected chi connectivity index (χ1v) is 6.95. The largest absolute Gasteiger partial charge is 0.433 e. The van der Waals surface area contributed by atoms with Crippen LogP contribution in [-0.4, -0.2) is 16.5 Å². The third-order valence-electron chi connectivity index (χ3n) is 2.82. The van der Waals surface area contributed by atoms with E-state index in [2.05, 4.69) is 5.10 Å². The summed E-state index contributed by atoms with van der Waals surface area (Å²) in [5.41, 5.74) is 0.497. The molecule has 0 saturated heterocycles. The minimum absolute atomic E-state index is 0.210. The number of rotatable bonds is 4. The highest BCUT2D eigenvalue weighted by Gasteiger charge is 2.35. The fourth-order valence-electron chi connectivity index (χ4n) is 1.85. The van der Waals surface area contributed by atoms with Crippen LogP contribution in [0.3, 0.4) is 0 Å². The highest BCUT2D eigenvalue weighted by molar-refractivity contribution is 7.98. The van der Waals surface area contributed by atoms with Crippen LogP contribution < -0.4 is 0 Å². The Morgan fingerprint density at radius 2 is 2.05 bits per heavy atom. The molecular weight excluding hydrogens is 273 g/mol. The Morgan fingerprint density at radius 1 is 1.26 bits per heavy atom. The normalized spacial score (nSPS) is 11.8. The zero-order valence-electron chi connectivity index (χ0n) is 10.3. The second kappa shape index (κ2) is 5.69. The van der Waals surface area contributed by atoms with Crippen molar-refractivity contribution in [2.45, 2.75) is 23.9 Å². The summed E-state index contributed by atoms with van der Waals surface area (Å²) in [6, 6.07) is 7.82. The minimum atomic E-state index is -4.37. The molecule has 0 atom stereocenters. The van der Waals surface area contributed by atoms with Gasteiger partial charge in [0.15, 0.2) is 0 Å². The van der Waals surface area contributed by atoms with Gasteiger partial charge >= 0.3 is 6.18 Å². The number of alkyl halides is 3. The molecule has 1 heterocycles. The molecule has 2 nitrogen and oxygen atoms in total. The average molecular weight is 286 g/mol. The fraction of sp³-hybridized carbons (Fsp3) is 0.308. The molecule has 2 rings (SSSR count). The minimum Gasteiger partial charge on any atom is -0.273 e. The highest BCUT2D eigenvalue weighted by atomic mass is 32.2. The molecular formula is C13H13F3N2S. The molecule has 0 aliphatic heterocycles. The number of benzene rings is 1. The number of aromatic amines is 1. The van der Waals surface area contributed by atoms with Crippen molar-refractivity contribution >= 4 is 11.8 Å². The van der Waals surface area contributed by atoms with Crippen molar-refractivity contribution in [1.29, 1.82) is 0 Å². The molecule has 0 spiro atoms. The number of hydrogen-bond donors (Lipinski definition) is 1. The number of H-pyrrole nitrogens is 1. The molecule has 0 aliphatic carbocycles. The summed E-state index contributed by atoms with van der Waals surface area (Å²) in [6.45, 7) is 0. The Bertz CT molecular complexity index is 549. The monoisotopic (exact) mass is 286 g/mol. The predicted octanol–water partition coefficient (Wildman–Crippen LogP) is 3.94. The maximum Gasteiger partial charge on any atom is 0.433 e. The first-order valence-electron chi connectivity index (χ1n) is 5.73. The molecule has 0 fully saturated rings. The number of halogens is 3. The van der Waals surface area contributed by atoms with Gasteiger partial charge in [0.2, 0.25) is 0 Å². The lowest BCUT2D eigenvalue weighted by atomic mass is 10.0. The van der Waals surface area contributed by atoms with Crippen molar-refractivity contribution in [2.24, 2.45) is 0 Å². The number of nitrogens with one attached hydrogen (secondary N) is 1. The van der Waals surface area contributed by atoms with Gasteiger partial charge in [-0.15, -0.1) is 11.8 Å². The first kappa shape index (κ1) is 14.0. The molecule has 0 unspecified atom stereocenters. The van der Waals surface area contributed by atoms with Crippen LogP contribution >= 0.6 is 11.8 Å². The van der Waals surface area contributed by atoms with Gasteiger partial charge in [0, 0.05) is 10.5 Å². The molecule has 0 saturated carbocycles. The lowest BCUT2D eigenvalue weighted by molar-refractivity contribution is -0.141. The van der Waals surface area contributed by atoms with Crippen molar-refractivity contribution in [3.63, 3.8) is 0 Å². The van der Waals surface area contributed by atoms with Gasteiger partial charge in [-0.05, 0) is 36.8 Å². The molecule has 19 heavy (non-hydrogen) atoms. The van der Waals surface area contributed by atoms with Crippen LogP contribution in [0.25, 0.3) is 0 Å². The van der Waals surface area contributed by atoms with Gasteiger partial charge in [0.05, 0.1) is 6.20 Å². The molecule has 1 aromatic carbocycles. The number of aromatic nitrogens is 2. The van der Waals surface area contributed by atoms with Crippen molar-refractivity contribution in [3.05, 3.63) is 47.3 Å². The summed E-state index contributed by atoms with van der Waals surface area (Å²) < 4.78 is 38.0. The number of hydrogen-bond acceptors (Lipinski definition) is 2. The predicted molar refractivity (Wildman–Crippen MR) is 69.2 cm³/mol. The van der Waals surface area contributed by atoms with Crippen LogP contribution in [0.4, 0.5) is 13.2 Å². The Kier molecular flexibility index (Phi) is 4.19. The van der Waals surface area contributed by atoms with Crippen LogP contribution in [0, 0.1) is 0 Å². The molecule has 0 amide bonds. The summed E-state index contributed by atoms with van der Waals surface area (Å²) in [4.78, 5) is 1.11. The summed E-state index contributed by atoms with van der Waals surface area (Å²) in [6.07, 6.45) is -0.259. The standard InChI is InChI=1S/C13H13F3N2S/c1-19-11-4-2-3-9(7-11)5-6-10-8-17-18-12(10)13(14,15)16/h2-4,7-8H,5-6H2,1H3,(H,17,18). The molecule has 1 aromatic heterocycles. The zero-order valence-corrected chi connectivity index (χ0v) is 11.1. The maximum absolute atomic E-state index is 12.7. The van der Waals surface area contributed by atoms with Crippen LogP contribution in [0.2, 0.25) is 0 Å². The van der Waals surface area contributed by atoms with E-state index in [0.717, 1.165) is 10.5 Å². The number of nitrogens with zero attached hydrogens (tertiary/aromatic N) is 1. The lowest BCUT2D eigenvalue weighted by Crippen LogP contribution is -2.09. The van der Waals surface area contributed by atoms with Gasteiger partial charge in [-0.1, -0.05) is 12.1 Å². The van der Waals surface area contributed by atoms with Gasteiger partial charge in [-0.3, -0.25) is 5.10 Å². The van der Waals surface area contributed by atoms with Gasteiger partial charge in [-0.25, -0.2) is 0 Å². The summed E-state index contributed by atoms with van der Waals surface area (Å²) >= 11 is 1.62. The first-order chi connectivity index (χ1) is 9.00. The van der Waals surface area contributed by atoms with E-state index in [1.54, 1.807) is 11.8 Å². The summed E-state index contributed by atoms with van der Waals surface area (Å²) in [5, 5.41) is 5.51. The molecule has 102 valence electrons. The van der Waals surface area contributed by atoms with Crippen LogP contribution in [-0.2, 0) is 19.0 Å². The lowest BCUT2D eigenvalue weighted by Gasteiger charge is -2.07. The molecule has 0 aliphatic rings. The van der Waals surface area contributed by atoms with E-state index in [1.807, 2.05) is 35.6 Å². The molecule has 1 N–H and O–H groups in total. The van der Waals surface area contributed by atoms with Crippen LogP contribution in [0.1, 0.15) is 16.8 Å². The van der Waals surface area contributed by atoms with E-state index in [-0.39, 0.29) is 5.56 Å². The van der Waals surface area contributed by atoms with E-state index in [9.17, 15) is 13.2 Å². The van der Waals surface area contributed by atoms with Crippen molar-refractivity contribution in [1.82, 2.24) is 10.2 Å². The number of aryl methyl sites for hydroxylation is 2. The van der Waals surface area contributed by atoms with E-state index in [4.69, 9.17) is 0 Å². The van der Waals surface area contributed by atoms with Gasteiger partial charge < -0.3 is 0 Å². The van der Waals surface area contributed by atoms with E-state index >= 15 is 0 Å². The van der Waals surface area contributed by atoms with E-state index < -0.39 is 11.9 Å². The van der Waals surface area contributed by atoms with E-state index in [0.29, 0.717) is 12.8 Å². The summed E-state index contributed by atoms with van der Waals surface area (Å²) in [7, 11) is 0. The molecule has 6 heteroatoms. The SMILES string of the molecule is CSc1cccc(CCc2cn[nH]c2C(F)(F)F)c1.